The van der Waals surface area contributed by atoms with Gasteiger partial charge in [0.05, 0.1) is 11.1 Å². The first-order valence-electron chi connectivity index (χ1n) is 4.88. The first kappa shape index (κ1) is 12.5. The average molecular weight is 282 g/mol. The number of nitrogens with zero attached hydrogens (tertiary/aromatic N) is 1. The molecule has 7 heteroatoms. The zero-order valence-corrected chi connectivity index (χ0v) is 10.6. The molecule has 0 fully saturated rings. The maximum atomic E-state index is 12.0. The molecule has 0 unspecified atom stereocenters. The van der Waals surface area contributed by atoms with Crippen molar-refractivity contribution in [3.8, 4) is 0 Å². The topological polar surface area (TPSA) is 85.1 Å². The van der Waals surface area contributed by atoms with Crippen LogP contribution in [0.5, 0.6) is 0 Å². The van der Waals surface area contributed by atoms with Crippen LogP contribution in [0.3, 0.4) is 0 Å². The van der Waals surface area contributed by atoms with Crippen molar-refractivity contribution in [2.75, 3.05) is 5.32 Å². The summed E-state index contributed by atoms with van der Waals surface area (Å²) >= 11 is 7.07. The molecule has 92 valence electrons. The number of anilines is 1. The van der Waals surface area contributed by atoms with Crippen molar-refractivity contribution in [2.45, 2.75) is 0 Å². The molecule has 0 aliphatic carbocycles. The molecule has 0 aliphatic heterocycles. The summed E-state index contributed by atoms with van der Waals surface area (Å²) in [6.07, 6.45) is 1.56. The lowest BCUT2D eigenvalue weighted by Gasteiger charge is -2.06. The number of amides is 2. The van der Waals surface area contributed by atoms with Crippen LogP contribution in [0.15, 0.2) is 29.8 Å². The molecule has 0 radical (unpaired) electrons. The Morgan fingerprint density at radius 1 is 1.33 bits per heavy atom. The highest BCUT2D eigenvalue weighted by Crippen LogP contribution is 2.18. The molecule has 0 saturated heterocycles. The lowest BCUT2D eigenvalue weighted by molar-refractivity contribution is 0.0977. The number of carbonyl (C=O) groups excluding carboxylic acids is 2. The van der Waals surface area contributed by atoms with Crippen LogP contribution in [0.1, 0.15) is 20.7 Å². The van der Waals surface area contributed by atoms with E-state index in [1.807, 2.05) is 0 Å². The van der Waals surface area contributed by atoms with Crippen LogP contribution in [0.4, 0.5) is 5.13 Å². The fourth-order valence-corrected chi connectivity index (χ4v) is 2.06. The van der Waals surface area contributed by atoms with Gasteiger partial charge in [-0.2, -0.15) is 0 Å². The highest BCUT2D eigenvalue weighted by molar-refractivity contribution is 7.13. The second-order valence-electron chi connectivity index (χ2n) is 3.35. The van der Waals surface area contributed by atoms with Gasteiger partial charge in [-0.25, -0.2) is 4.98 Å². The maximum absolute atomic E-state index is 12.0. The number of nitrogens with two attached hydrogens (primary N) is 1. The highest BCUT2D eigenvalue weighted by atomic mass is 35.5. The zero-order valence-electron chi connectivity index (χ0n) is 9.01. The number of hydrogen-bond acceptors (Lipinski definition) is 4. The minimum absolute atomic E-state index is 0.119. The Bertz CT molecular complexity index is 598. The Morgan fingerprint density at radius 2 is 2.11 bits per heavy atom. The number of halogens is 1. The van der Waals surface area contributed by atoms with E-state index in [1.54, 1.807) is 11.6 Å². The number of hydrogen-bond donors (Lipinski definition) is 2. The summed E-state index contributed by atoms with van der Waals surface area (Å²) in [5, 5.41) is 5.08. The molecule has 0 bridgehead atoms. The van der Waals surface area contributed by atoms with E-state index in [0.717, 1.165) is 0 Å². The number of thiazole rings is 1. The van der Waals surface area contributed by atoms with Crippen molar-refractivity contribution >= 4 is 39.9 Å². The van der Waals surface area contributed by atoms with Crippen molar-refractivity contribution in [1.29, 1.82) is 0 Å². The quantitative estimate of drug-likeness (QED) is 0.904. The fraction of sp³-hybridized carbons (Fsp3) is 0. The molecule has 3 N–H and O–H groups in total. The van der Waals surface area contributed by atoms with Crippen molar-refractivity contribution in [3.05, 3.63) is 45.9 Å². The molecule has 0 aliphatic rings. The smallest absolute Gasteiger partial charge is 0.258 e. The monoisotopic (exact) mass is 281 g/mol. The molecule has 0 spiro atoms. The van der Waals surface area contributed by atoms with Gasteiger partial charge in [0.2, 0.25) is 5.91 Å². The average Bonchev–Trinajstić information content (AvgIpc) is 2.81. The van der Waals surface area contributed by atoms with Crippen LogP contribution in [-0.4, -0.2) is 16.8 Å². The summed E-state index contributed by atoms with van der Waals surface area (Å²) in [7, 11) is 0. The SMILES string of the molecule is NC(=O)c1ccc(Cl)cc1C(=O)Nc1nccs1. The van der Waals surface area contributed by atoms with Crippen LogP contribution in [0.2, 0.25) is 5.02 Å². The van der Waals surface area contributed by atoms with E-state index in [4.69, 9.17) is 17.3 Å². The summed E-state index contributed by atoms with van der Waals surface area (Å²) in [6, 6.07) is 4.31. The predicted octanol–water partition coefficient (Wildman–Crippen LogP) is 2.15. The molecular formula is C11H8ClN3O2S. The second kappa shape index (κ2) is 5.16. The van der Waals surface area contributed by atoms with E-state index >= 15 is 0 Å². The van der Waals surface area contributed by atoms with Crippen LogP contribution >= 0.6 is 22.9 Å². The van der Waals surface area contributed by atoms with Gasteiger partial charge in [-0.05, 0) is 18.2 Å². The first-order chi connectivity index (χ1) is 8.58. The van der Waals surface area contributed by atoms with Gasteiger partial charge in [-0.3, -0.25) is 14.9 Å². The van der Waals surface area contributed by atoms with Crippen molar-refractivity contribution in [2.24, 2.45) is 5.73 Å². The van der Waals surface area contributed by atoms with Gasteiger partial charge in [0, 0.05) is 16.6 Å². The molecule has 1 heterocycles. The minimum atomic E-state index is -0.684. The Labute approximate surface area is 112 Å². The molecule has 2 amide bonds. The summed E-state index contributed by atoms with van der Waals surface area (Å²) in [4.78, 5) is 27.1. The molecule has 1 aromatic carbocycles. The van der Waals surface area contributed by atoms with E-state index in [-0.39, 0.29) is 11.1 Å². The standard InChI is InChI=1S/C11H8ClN3O2S/c12-6-1-2-7(9(13)16)8(5-6)10(17)15-11-14-3-4-18-11/h1-5H,(H2,13,16)(H,14,15,17). The zero-order chi connectivity index (χ0) is 13.1. The summed E-state index contributed by atoms with van der Waals surface area (Å²) < 4.78 is 0. The fourth-order valence-electron chi connectivity index (χ4n) is 1.37. The number of carbonyl (C=O) groups is 2. The second-order valence-corrected chi connectivity index (χ2v) is 4.68. The predicted molar refractivity (Wildman–Crippen MR) is 70.0 cm³/mol. The van der Waals surface area contributed by atoms with Gasteiger partial charge in [0.15, 0.2) is 5.13 Å². The van der Waals surface area contributed by atoms with Crippen LogP contribution in [-0.2, 0) is 0 Å². The van der Waals surface area contributed by atoms with E-state index in [9.17, 15) is 9.59 Å². The summed E-state index contributed by atoms with van der Waals surface area (Å²) in [5.74, 6) is -1.16. The molecule has 2 rings (SSSR count). The van der Waals surface area contributed by atoms with Crippen molar-refractivity contribution < 1.29 is 9.59 Å². The van der Waals surface area contributed by atoms with Gasteiger partial charge in [-0.1, -0.05) is 11.6 Å². The third-order valence-electron chi connectivity index (χ3n) is 2.14. The third kappa shape index (κ3) is 2.66. The summed E-state index contributed by atoms with van der Waals surface area (Å²) in [5.41, 5.74) is 5.45. The lowest BCUT2D eigenvalue weighted by Crippen LogP contribution is -2.20. The van der Waals surface area contributed by atoms with Gasteiger partial charge in [-0.15, -0.1) is 11.3 Å². The van der Waals surface area contributed by atoms with Crippen LogP contribution < -0.4 is 11.1 Å². The number of rotatable bonds is 3. The van der Waals surface area contributed by atoms with E-state index in [2.05, 4.69) is 10.3 Å². The maximum Gasteiger partial charge on any atom is 0.258 e. The Kier molecular flexibility index (Phi) is 3.59. The highest BCUT2D eigenvalue weighted by Gasteiger charge is 2.16. The Balaban J connectivity index is 2.34. The number of aromatic nitrogens is 1. The minimum Gasteiger partial charge on any atom is -0.366 e. The van der Waals surface area contributed by atoms with Crippen molar-refractivity contribution in [3.63, 3.8) is 0 Å². The normalized spacial score (nSPS) is 10.1. The van der Waals surface area contributed by atoms with Crippen LogP contribution in [0.25, 0.3) is 0 Å². The lowest BCUT2D eigenvalue weighted by atomic mass is 10.1. The molecule has 2 aromatic rings. The Morgan fingerprint density at radius 3 is 2.72 bits per heavy atom. The van der Waals surface area contributed by atoms with E-state index < -0.39 is 11.8 Å². The third-order valence-corrected chi connectivity index (χ3v) is 3.07. The Hall–Kier alpha value is -1.92. The molecule has 0 saturated carbocycles. The number of benzene rings is 1. The molecule has 18 heavy (non-hydrogen) atoms. The van der Waals surface area contributed by atoms with Gasteiger partial charge < -0.3 is 5.73 Å². The van der Waals surface area contributed by atoms with Gasteiger partial charge >= 0.3 is 0 Å². The van der Waals surface area contributed by atoms with Crippen LogP contribution in [0, 0.1) is 0 Å². The van der Waals surface area contributed by atoms with E-state index in [1.165, 1.54) is 29.5 Å². The summed E-state index contributed by atoms with van der Waals surface area (Å²) in [6.45, 7) is 0. The molecule has 5 nitrogen and oxygen atoms in total. The first-order valence-corrected chi connectivity index (χ1v) is 6.14. The number of nitrogens with one attached hydrogen (secondary N) is 1. The van der Waals surface area contributed by atoms with E-state index in [0.29, 0.717) is 10.2 Å². The number of primary amides is 1. The molecule has 1 aromatic heterocycles. The van der Waals surface area contributed by atoms with Gasteiger partial charge in [0.1, 0.15) is 0 Å². The molecule has 0 atom stereocenters. The molecular weight excluding hydrogens is 274 g/mol. The van der Waals surface area contributed by atoms with Crippen molar-refractivity contribution in [1.82, 2.24) is 4.98 Å². The van der Waals surface area contributed by atoms with Gasteiger partial charge in [0.25, 0.3) is 5.91 Å². The largest absolute Gasteiger partial charge is 0.366 e.